The predicted octanol–water partition coefficient (Wildman–Crippen LogP) is 4.43. The Labute approximate surface area is 165 Å². The highest BCUT2D eigenvalue weighted by Gasteiger charge is 2.28. The van der Waals surface area contributed by atoms with Gasteiger partial charge in [-0.1, -0.05) is 6.07 Å². The van der Waals surface area contributed by atoms with Gasteiger partial charge in [-0.15, -0.1) is 11.3 Å². The molecule has 146 valence electrons. The molecule has 1 fully saturated rings. The number of benzene rings is 1. The first-order valence-electron chi connectivity index (χ1n) is 9.68. The molecule has 1 aromatic heterocycles. The van der Waals surface area contributed by atoms with Gasteiger partial charge in [-0.3, -0.25) is 9.69 Å². The van der Waals surface area contributed by atoms with E-state index in [1.807, 2.05) is 44.4 Å². The van der Waals surface area contributed by atoms with Gasteiger partial charge in [0.1, 0.15) is 5.75 Å². The number of ketones is 1. The summed E-state index contributed by atoms with van der Waals surface area (Å²) in [5, 5.41) is 11.7. The van der Waals surface area contributed by atoms with Crippen LogP contribution in [0, 0.1) is 12.8 Å². The first kappa shape index (κ1) is 20.1. The second kappa shape index (κ2) is 9.00. The van der Waals surface area contributed by atoms with Crippen LogP contribution in [0.25, 0.3) is 0 Å². The number of ether oxygens (including phenoxy) is 1. The Morgan fingerprint density at radius 3 is 2.85 bits per heavy atom. The van der Waals surface area contributed by atoms with Crippen LogP contribution in [0.15, 0.2) is 29.6 Å². The molecular weight excluding hydrogens is 358 g/mol. The standard InChI is InChI=1S/C22H29NO3S/c1-15(2)26-20-7-6-17(11-19(20)14-24)12-23-9-4-5-18(13-23)21(25)22-16(3)8-10-27-22/h6-8,10-11,15,18,24H,4-5,9,12-14H2,1-3H3. The predicted molar refractivity (Wildman–Crippen MR) is 110 cm³/mol. The van der Waals surface area contributed by atoms with Crippen LogP contribution < -0.4 is 4.74 Å². The topological polar surface area (TPSA) is 49.8 Å². The number of piperidine rings is 1. The molecule has 0 spiro atoms. The van der Waals surface area contributed by atoms with Crippen molar-refractivity contribution in [1.29, 1.82) is 0 Å². The van der Waals surface area contributed by atoms with E-state index < -0.39 is 0 Å². The number of Topliss-reactive ketones (excluding diaryl/α,β-unsaturated/α-hetero) is 1. The van der Waals surface area contributed by atoms with Gasteiger partial charge >= 0.3 is 0 Å². The Bertz CT molecular complexity index is 784. The van der Waals surface area contributed by atoms with Crippen molar-refractivity contribution in [2.24, 2.45) is 5.92 Å². The molecule has 1 saturated heterocycles. The van der Waals surface area contributed by atoms with Crippen molar-refractivity contribution in [1.82, 2.24) is 4.90 Å². The lowest BCUT2D eigenvalue weighted by molar-refractivity contribution is 0.0815. The number of carbonyl (C=O) groups is 1. The number of likely N-dealkylation sites (tertiary alicyclic amines) is 1. The molecule has 2 aromatic rings. The van der Waals surface area contributed by atoms with Crippen LogP contribution in [0.4, 0.5) is 0 Å². The molecule has 2 heterocycles. The maximum absolute atomic E-state index is 12.9. The van der Waals surface area contributed by atoms with Crippen molar-refractivity contribution < 1.29 is 14.6 Å². The normalized spacial score (nSPS) is 18.0. The largest absolute Gasteiger partial charge is 0.491 e. The Hall–Kier alpha value is -1.69. The summed E-state index contributed by atoms with van der Waals surface area (Å²) in [6.07, 6.45) is 2.09. The van der Waals surface area contributed by atoms with Crippen LogP contribution in [0.2, 0.25) is 0 Å². The van der Waals surface area contributed by atoms with Crippen molar-refractivity contribution >= 4 is 17.1 Å². The molecule has 3 rings (SSSR count). The second-order valence-corrected chi connectivity index (χ2v) is 8.55. The van der Waals surface area contributed by atoms with Crippen LogP contribution in [-0.4, -0.2) is 35.0 Å². The molecule has 1 aliphatic rings. The summed E-state index contributed by atoms with van der Waals surface area (Å²) < 4.78 is 5.77. The average Bonchev–Trinajstić information content (AvgIpc) is 3.08. The third-order valence-corrected chi connectivity index (χ3v) is 6.06. The lowest BCUT2D eigenvalue weighted by Gasteiger charge is -2.32. The molecule has 0 saturated carbocycles. The summed E-state index contributed by atoms with van der Waals surface area (Å²) >= 11 is 1.56. The summed E-state index contributed by atoms with van der Waals surface area (Å²) in [7, 11) is 0. The number of nitrogens with zero attached hydrogens (tertiary/aromatic N) is 1. The van der Waals surface area contributed by atoms with Crippen LogP contribution in [0.1, 0.15) is 53.1 Å². The van der Waals surface area contributed by atoms with Crippen LogP contribution in [-0.2, 0) is 13.2 Å². The van der Waals surface area contributed by atoms with E-state index in [1.54, 1.807) is 11.3 Å². The summed E-state index contributed by atoms with van der Waals surface area (Å²) in [5.74, 6) is 1.12. The minimum Gasteiger partial charge on any atom is -0.491 e. The number of hydrogen-bond acceptors (Lipinski definition) is 5. The van der Waals surface area contributed by atoms with Crippen LogP contribution >= 0.6 is 11.3 Å². The molecule has 0 bridgehead atoms. The van der Waals surface area contributed by atoms with Crippen molar-refractivity contribution in [3.63, 3.8) is 0 Å². The summed E-state index contributed by atoms with van der Waals surface area (Å²) in [6.45, 7) is 8.55. The van der Waals surface area contributed by atoms with Crippen LogP contribution in [0.5, 0.6) is 5.75 Å². The van der Waals surface area contributed by atoms with Gasteiger partial charge in [-0.25, -0.2) is 0 Å². The summed E-state index contributed by atoms with van der Waals surface area (Å²) in [5.41, 5.74) is 3.06. The van der Waals surface area contributed by atoms with Gasteiger partial charge in [0.05, 0.1) is 17.6 Å². The number of rotatable bonds is 7. The Kier molecular flexibility index (Phi) is 6.68. The quantitative estimate of drug-likeness (QED) is 0.714. The molecule has 1 N–H and O–H groups in total. The van der Waals surface area contributed by atoms with E-state index in [0.29, 0.717) is 5.78 Å². The van der Waals surface area contributed by atoms with E-state index in [9.17, 15) is 9.90 Å². The highest BCUT2D eigenvalue weighted by Crippen LogP contribution is 2.27. The molecule has 0 radical (unpaired) electrons. The number of thiophene rings is 1. The molecule has 0 aliphatic carbocycles. The number of aryl methyl sites for hydroxylation is 1. The van der Waals surface area contributed by atoms with Crippen molar-refractivity contribution in [3.05, 3.63) is 51.2 Å². The van der Waals surface area contributed by atoms with Crippen molar-refractivity contribution in [2.75, 3.05) is 13.1 Å². The van der Waals surface area contributed by atoms with E-state index in [-0.39, 0.29) is 18.6 Å². The van der Waals surface area contributed by atoms with Gasteiger partial charge in [0.15, 0.2) is 5.78 Å². The molecule has 1 atom stereocenters. The van der Waals surface area contributed by atoms with Gasteiger partial charge in [-0.2, -0.15) is 0 Å². The van der Waals surface area contributed by atoms with E-state index >= 15 is 0 Å². The van der Waals surface area contributed by atoms with Gasteiger partial charge in [0, 0.05) is 24.6 Å². The fraction of sp³-hybridized carbons (Fsp3) is 0.500. The number of aliphatic hydroxyl groups excluding tert-OH is 1. The zero-order chi connectivity index (χ0) is 19.4. The van der Waals surface area contributed by atoms with E-state index in [4.69, 9.17) is 4.74 Å². The Balaban J connectivity index is 1.67. The van der Waals surface area contributed by atoms with Crippen molar-refractivity contribution in [3.8, 4) is 5.75 Å². The second-order valence-electron chi connectivity index (χ2n) is 7.64. The number of hydrogen-bond donors (Lipinski definition) is 1. The van der Waals surface area contributed by atoms with Gasteiger partial charge < -0.3 is 9.84 Å². The SMILES string of the molecule is Cc1ccsc1C(=O)C1CCCN(Cc2ccc(OC(C)C)c(CO)c2)C1. The van der Waals surface area contributed by atoms with Gasteiger partial charge in [0.25, 0.3) is 0 Å². The third-order valence-electron chi connectivity index (χ3n) is 5.03. The van der Waals surface area contributed by atoms with Gasteiger partial charge in [0.2, 0.25) is 0 Å². The fourth-order valence-corrected chi connectivity index (χ4v) is 4.65. The third kappa shape index (κ3) is 4.98. The summed E-state index contributed by atoms with van der Waals surface area (Å²) in [6, 6.07) is 8.05. The molecular formula is C22H29NO3S. The zero-order valence-corrected chi connectivity index (χ0v) is 17.2. The minimum atomic E-state index is -0.0331. The lowest BCUT2D eigenvalue weighted by Crippen LogP contribution is -2.38. The zero-order valence-electron chi connectivity index (χ0n) is 16.4. The molecule has 5 heteroatoms. The van der Waals surface area contributed by atoms with Crippen LogP contribution in [0.3, 0.4) is 0 Å². The number of aliphatic hydroxyl groups is 1. The van der Waals surface area contributed by atoms with E-state index in [1.165, 1.54) is 0 Å². The van der Waals surface area contributed by atoms with E-state index in [0.717, 1.165) is 59.8 Å². The minimum absolute atomic E-state index is 0.0331. The molecule has 27 heavy (non-hydrogen) atoms. The lowest BCUT2D eigenvalue weighted by atomic mass is 9.91. The first-order valence-corrected chi connectivity index (χ1v) is 10.6. The highest BCUT2D eigenvalue weighted by molar-refractivity contribution is 7.12. The van der Waals surface area contributed by atoms with Gasteiger partial charge in [-0.05, 0) is 74.9 Å². The molecule has 1 aromatic carbocycles. The number of carbonyl (C=O) groups excluding carboxylic acids is 1. The average molecular weight is 388 g/mol. The highest BCUT2D eigenvalue weighted by atomic mass is 32.1. The first-order chi connectivity index (χ1) is 13.0. The molecule has 1 unspecified atom stereocenters. The van der Waals surface area contributed by atoms with Crippen molar-refractivity contribution in [2.45, 2.75) is 52.9 Å². The molecule has 1 aliphatic heterocycles. The molecule has 4 nitrogen and oxygen atoms in total. The molecule has 0 amide bonds. The Morgan fingerprint density at radius 1 is 1.37 bits per heavy atom. The smallest absolute Gasteiger partial charge is 0.177 e. The fourth-order valence-electron chi connectivity index (χ4n) is 3.71. The summed E-state index contributed by atoms with van der Waals surface area (Å²) in [4.78, 5) is 16.1. The van der Waals surface area contributed by atoms with E-state index in [2.05, 4.69) is 11.0 Å². The Morgan fingerprint density at radius 2 is 2.19 bits per heavy atom. The monoisotopic (exact) mass is 387 g/mol. The maximum atomic E-state index is 12.9. The maximum Gasteiger partial charge on any atom is 0.177 e.